The molecule has 8 nitrogen and oxygen atoms in total. The molecule has 0 N–H and O–H groups in total. The van der Waals surface area contributed by atoms with Crippen molar-refractivity contribution < 1.29 is 27.5 Å². The molecule has 1 heterocycles. The predicted octanol–water partition coefficient (Wildman–Crippen LogP) is 1.96. The molecule has 30 heavy (non-hydrogen) atoms. The molecule has 0 spiro atoms. The van der Waals surface area contributed by atoms with Crippen LogP contribution in [-0.2, 0) is 24.3 Å². The van der Waals surface area contributed by atoms with Gasteiger partial charge in [-0.2, -0.15) is 4.31 Å². The Hall–Kier alpha value is -3.04. The van der Waals surface area contributed by atoms with Gasteiger partial charge in [0.1, 0.15) is 6.04 Å². The molecule has 0 radical (unpaired) electrons. The Bertz CT molecular complexity index is 1090. The highest BCUT2D eigenvalue weighted by Gasteiger charge is 2.51. The van der Waals surface area contributed by atoms with Gasteiger partial charge in [-0.3, -0.25) is 9.59 Å². The van der Waals surface area contributed by atoms with E-state index in [0.29, 0.717) is 12.8 Å². The van der Waals surface area contributed by atoms with E-state index in [1.807, 2.05) is 0 Å². The van der Waals surface area contributed by atoms with Crippen LogP contribution in [0.15, 0.2) is 59.5 Å². The summed E-state index contributed by atoms with van der Waals surface area (Å²) in [6, 6.07) is 12.4. The van der Waals surface area contributed by atoms with E-state index < -0.39 is 33.8 Å². The second kappa shape index (κ2) is 7.66. The van der Waals surface area contributed by atoms with Crippen LogP contribution in [0.4, 0.5) is 5.69 Å². The highest BCUT2D eigenvalue weighted by Crippen LogP contribution is 2.38. The molecule has 4 rings (SSSR count). The van der Waals surface area contributed by atoms with Crippen molar-refractivity contribution in [1.29, 1.82) is 0 Å². The zero-order chi connectivity index (χ0) is 21.5. The van der Waals surface area contributed by atoms with E-state index in [2.05, 4.69) is 4.74 Å². The monoisotopic (exact) mass is 428 g/mol. The Kier molecular flexibility index (Phi) is 5.17. The first-order chi connectivity index (χ1) is 14.3. The second-order valence-electron chi connectivity index (χ2n) is 7.20. The van der Waals surface area contributed by atoms with Crippen LogP contribution in [0.1, 0.15) is 29.6 Å². The van der Waals surface area contributed by atoms with E-state index in [1.165, 1.54) is 47.8 Å². The number of imide groups is 1. The number of esters is 1. The molecule has 1 aliphatic heterocycles. The first-order valence-electron chi connectivity index (χ1n) is 9.48. The van der Waals surface area contributed by atoms with Gasteiger partial charge in [-0.1, -0.05) is 18.2 Å². The van der Waals surface area contributed by atoms with Crippen molar-refractivity contribution in [3.8, 4) is 0 Å². The number of carbonyl (C=O) groups is 3. The number of nitrogens with zero attached hydrogens (tertiary/aromatic N) is 2. The van der Waals surface area contributed by atoms with Gasteiger partial charge in [0.25, 0.3) is 5.91 Å². The smallest absolute Gasteiger partial charge is 0.337 e. The van der Waals surface area contributed by atoms with Crippen molar-refractivity contribution in [1.82, 2.24) is 4.31 Å². The average molecular weight is 428 g/mol. The quantitative estimate of drug-likeness (QED) is 0.515. The molecule has 0 bridgehead atoms. The second-order valence-corrected chi connectivity index (χ2v) is 9.05. The summed E-state index contributed by atoms with van der Waals surface area (Å²) in [4.78, 5) is 38.5. The van der Waals surface area contributed by atoms with Gasteiger partial charge < -0.3 is 4.74 Å². The minimum Gasteiger partial charge on any atom is -0.465 e. The molecule has 1 saturated heterocycles. The summed E-state index contributed by atoms with van der Waals surface area (Å²) in [6.07, 6.45) is 1.08. The van der Waals surface area contributed by atoms with E-state index in [4.69, 9.17) is 0 Å². The lowest BCUT2D eigenvalue weighted by Gasteiger charge is -2.26. The number of anilines is 1. The molecule has 2 aromatic rings. The maximum Gasteiger partial charge on any atom is 0.337 e. The molecule has 1 unspecified atom stereocenters. The van der Waals surface area contributed by atoms with Gasteiger partial charge in [0, 0.05) is 6.04 Å². The standard InChI is InChI=1S/C21H20N2O6S/c1-29-21(26)14-7-9-15(10-8-14)22-19(24)13-18(20(22)25)23(16-11-12-16)30(27,28)17-5-3-2-4-6-17/h2-10,16,18H,11-13H2,1H3. The molecule has 2 amide bonds. The number of ether oxygens (including phenoxy) is 1. The van der Waals surface area contributed by atoms with E-state index in [1.54, 1.807) is 18.2 Å². The molecule has 2 fully saturated rings. The third-order valence-electron chi connectivity index (χ3n) is 5.20. The molecule has 2 aliphatic rings. The van der Waals surface area contributed by atoms with Crippen LogP contribution in [0.2, 0.25) is 0 Å². The number of carbonyl (C=O) groups excluding carboxylic acids is 3. The minimum atomic E-state index is -3.93. The summed E-state index contributed by atoms with van der Waals surface area (Å²) in [7, 11) is -2.67. The molecule has 0 aromatic heterocycles. The molecule has 156 valence electrons. The highest BCUT2D eigenvalue weighted by molar-refractivity contribution is 7.89. The van der Waals surface area contributed by atoms with Crippen LogP contribution in [0.25, 0.3) is 0 Å². The zero-order valence-corrected chi connectivity index (χ0v) is 17.0. The lowest BCUT2D eigenvalue weighted by Crippen LogP contribution is -2.46. The van der Waals surface area contributed by atoms with Crippen LogP contribution < -0.4 is 4.90 Å². The van der Waals surface area contributed by atoms with Crippen LogP contribution >= 0.6 is 0 Å². The van der Waals surface area contributed by atoms with Crippen molar-refractivity contribution >= 4 is 33.5 Å². The molecule has 1 saturated carbocycles. The Balaban J connectivity index is 1.65. The normalized spacial score (nSPS) is 19.4. The van der Waals surface area contributed by atoms with Gasteiger partial charge >= 0.3 is 5.97 Å². The molecule has 2 aromatic carbocycles. The SMILES string of the molecule is COC(=O)c1ccc(N2C(=O)CC(N(C3CC3)S(=O)(=O)c3ccccc3)C2=O)cc1. The molecular weight excluding hydrogens is 408 g/mol. The van der Waals surface area contributed by atoms with Crippen molar-refractivity contribution in [2.75, 3.05) is 12.0 Å². The van der Waals surface area contributed by atoms with E-state index in [0.717, 1.165) is 4.90 Å². The first kappa shape index (κ1) is 20.2. The average Bonchev–Trinajstić information content (AvgIpc) is 3.54. The van der Waals surface area contributed by atoms with Crippen LogP contribution in [0, 0.1) is 0 Å². The predicted molar refractivity (Wildman–Crippen MR) is 107 cm³/mol. The fourth-order valence-electron chi connectivity index (χ4n) is 3.61. The number of amides is 2. The largest absolute Gasteiger partial charge is 0.465 e. The summed E-state index contributed by atoms with van der Waals surface area (Å²) in [5, 5.41) is 0. The molecule has 1 aliphatic carbocycles. The van der Waals surface area contributed by atoms with Gasteiger partial charge in [0.05, 0.1) is 29.7 Å². The van der Waals surface area contributed by atoms with E-state index >= 15 is 0 Å². The first-order valence-corrected chi connectivity index (χ1v) is 10.9. The van der Waals surface area contributed by atoms with Gasteiger partial charge in [-0.15, -0.1) is 0 Å². The maximum absolute atomic E-state index is 13.2. The zero-order valence-electron chi connectivity index (χ0n) is 16.2. The maximum atomic E-state index is 13.2. The summed E-state index contributed by atoms with van der Waals surface area (Å²) in [6.45, 7) is 0. The van der Waals surface area contributed by atoms with Gasteiger partial charge in [-0.25, -0.2) is 18.1 Å². The van der Waals surface area contributed by atoms with Crippen molar-refractivity contribution in [3.05, 3.63) is 60.2 Å². The summed E-state index contributed by atoms with van der Waals surface area (Å²) < 4.78 is 32.3. The summed E-state index contributed by atoms with van der Waals surface area (Å²) >= 11 is 0. The highest BCUT2D eigenvalue weighted by atomic mass is 32.2. The summed E-state index contributed by atoms with van der Waals surface area (Å²) in [5.41, 5.74) is 0.566. The number of benzene rings is 2. The lowest BCUT2D eigenvalue weighted by atomic mass is 10.2. The lowest BCUT2D eigenvalue weighted by molar-refractivity contribution is -0.122. The molecule has 9 heteroatoms. The minimum absolute atomic E-state index is 0.0954. The van der Waals surface area contributed by atoms with Gasteiger partial charge in [0.2, 0.25) is 15.9 Å². The van der Waals surface area contributed by atoms with Crippen LogP contribution in [0.5, 0.6) is 0 Å². The number of methoxy groups -OCH3 is 1. The van der Waals surface area contributed by atoms with E-state index in [-0.39, 0.29) is 28.6 Å². The number of hydrogen-bond donors (Lipinski definition) is 0. The number of rotatable bonds is 6. The third-order valence-corrected chi connectivity index (χ3v) is 7.18. The fourth-order valence-corrected chi connectivity index (χ4v) is 5.46. The number of sulfonamides is 1. The Morgan fingerprint density at radius 3 is 2.23 bits per heavy atom. The van der Waals surface area contributed by atoms with E-state index in [9.17, 15) is 22.8 Å². The molecular formula is C21H20N2O6S. The number of hydrogen-bond acceptors (Lipinski definition) is 6. The van der Waals surface area contributed by atoms with Gasteiger partial charge in [-0.05, 0) is 49.2 Å². The van der Waals surface area contributed by atoms with Crippen molar-refractivity contribution in [2.45, 2.75) is 36.2 Å². The van der Waals surface area contributed by atoms with Crippen molar-refractivity contribution in [3.63, 3.8) is 0 Å². The molecule has 1 atom stereocenters. The Morgan fingerprint density at radius 1 is 1.03 bits per heavy atom. The van der Waals surface area contributed by atoms with Crippen LogP contribution in [-0.4, -0.2) is 49.7 Å². The summed E-state index contributed by atoms with van der Waals surface area (Å²) in [5.74, 6) is -1.60. The van der Waals surface area contributed by atoms with Crippen molar-refractivity contribution in [2.24, 2.45) is 0 Å². The van der Waals surface area contributed by atoms with Crippen LogP contribution in [0.3, 0.4) is 0 Å². The Labute approximate surface area is 174 Å². The third kappa shape index (κ3) is 3.50. The van der Waals surface area contributed by atoms with Gasteiger partial charge in [0.15, 0.2) is 0 Å². The fraction of sp³-hybridized carbons (Fsp3) is 0.286. The topological polar surface area (TPSA) is 101 Å². The Morgan fingerprint density at radius 2 is 1.67 bits per heavy atom.